The Kier molecular flexibility index (Phi) is 22.9. The first kappa shape index (κ1) is 64.6. The molecule has 1 heterocycles. The predicted molar refractivity (Wildman–Crippen MR) is 312 cm³/mol. The van der Waals surface area contributed by atoms with E-state index >= 15 is 0 Å². The van der Waals surface area contributed by atoms with Gasteiger partial charge in [0.1, 0.15) is 24.4 Å². The molecule has 0 bridgehead atoms. The average Bonchev–Trinajstić information content (AvgIpc) is 3.63. The number of carboxylic acid groups (broad SMARTS) is 2. The van der Waals surface area contributed by atoms with Gasteiger partial charge in [-0.15, -0.1) is 0 Å². The van der Waals surface area contributed by atoms with Gasteiger partial charge in [0.25, 0.3) is 0 Å². The van der Waals surface area contributed by atoms with Crippen molar-refractivity contribution in [1.82, 2.24) is 26.2 Å². The minimum atomic E-state index is -1.28. The van der Waals surface area contributed by atoms with E-state index in [-0.39, 0.29) is 56.1 Å². The van der Waals surface area contributed by atoms with Crippen LogP contribution in [0.4, 0.5) is 21.9 Å². The van der Waals surface area contributed by atoms with Crippen molar-refractivity contribution < 1.29 is 58.1 Å². The molecule has 0 saturated heterocycles. The molecule has 0 spiro atoms. The van der Waals surface area contributed by atoms with E-state index in [0.717, 1.165) is 5.56 Å². The van der Waals surface area contributed by atoms with Crippen molar-refractivity contribution in [3.05, 3.63) is 137 Å². The number of likely N-dealkylation sites (N-methyl/N-ethyl adjacent to an activating group) is 2. The number of hydrogen-bond donors (Lipinski definition) is 10. The van der Waals surface area contributed by atoms with E-state index in [0.29, 0.717) is 57.9 Å². The number of nitrogens with two attached hydrogens (primary N) is 1. The number of benzene rings is 4. The zero-order chi connectivity index (χ0) is 61.2. The molecule has 4 aromatic carbocycles. The molecule has 1 unspecified atom stereocenters. The number of aliphatic carboxylic acids is 2. The predicted octanol–water partition coefficient (Wildman–Crippen LogP) is 6.65. The molecule has 442 valence electrons. The first-order chi connectivity index (χ1) is 39.2. The standard InChI is InChI=1S/C60H75N11O12/c1-36(57(80)81)30-31-70(8)56(79)53(59(2,3)4)68-55(78)52(63-7)60(5,6)39-17-15-18-41(32-39)66-58(82)83-35-37-24-26-40(27-25-37)65-54(77)44(28-29-49(75)76)67-47(73)33-64-46(72)22-13-14-23-48(74)71-34-38-16-9-10-19-42(38)50(61)51(69-62)43-20-11-12-21-45(43)71/h9-12,15-21,24-27,30,32,44,52-53,62-63H,13-14,22-23,28-29,31,33-35,61H2,1-8H3,(H,64,72)(H,65,77)(H,66,82)(H,67,73)(H,68,78)(H,75,76)(H,80,81)/b36-30+,51-50-,69-62?/t44-,52+,53?/m0/s1. The summed E-state index contributed by atoms with van der Waals surface area (Å²) in [7, 11) is 3.16. The van der Waals surface area contributed by atoms with Gasteiger partial charge in [-0.2, -0.15) is 5.11 Å². The van der Waals surface area contributed by atoms with E-state index in [9.17, 15) is 53.4 Å². The van der Waals surface area contributed by atoms with Gasteiger partial charge in [0.05, 0.1) is 30.5 Å². The van der Waals surface area contributed by atoms with Gasteiger partial charge in [-0.3, -0.25) is 38.9 Å². The summed E-state index contributed by atoms with van der Waals surface area (Å²) in [6.45, 7) is 10.1. The van der Waals surface area contributed by atoms with E-state index in [2.05, 4.69) is 37.0 Å². The van der Waals surface area contributed by atoms with Crippen molar-refractivity contribution in [3.8, 4) is 0 Å². The second kappa shape index (κ2) is 29.5. The second-order valence-electron chi connectivity index (χ2n) is 21.7. The van der Waals surface area contributed by atoms with Crippen LogP contribution in [0.15, 0.2) is 114 Å². The van der Waals surface area contributed by atoms with Crippen molar-refractivity contribution in [3.63, 3.8) is 0 Å². The van der Waals surface area contributed by atoms with E-state index < -0.39 is 89.5 Å². The lowest BCUT2D eigenvalue weighted by atomic mass is 9.76. The van der Waals surface area contributed by atoms with Crippen LogP contribution < -0.4 is 42.5 Å². The van der Waals surface area contributed by atoms with Crippen LogP contribution >= 0.6 is 0 Å². The third-order valence-corrected chi connectivity index (χ3v) is 14.0. The minimum Gasteiger partial charge on any atom is -0.481 e. The van der Waals surface area contributed by atoms with Crippen LogP contribution in [0.1, 0.15) is 108 Å². The van der Waals surface area contributed by atoms with Gasteiger partial charge >= 0.3 is 18.0 Å². The number of carboxylic acids is 2. The smallest absolute Gasteiger partial charge is 0.411 e. The van der Waals surface area contributed by atoms with Crippen LogP contribution in [-0.2, 0) is 61.7 Å². The van der Waals surface area contributed by atoms with Crippen LogP contribution in [0.2, 0.25) is 0 Å². The maximum Gasteiger partial charge on any atom is 0.411 e. The molecule has 0 saturated carbocycles. The van der Waals surface area contributed by atoms with Crippen molar-refractivity contribution in [2.45, 2.75) is 117 Å². The highest BCUT2D eigenvalue weighted by atomic mass is 16.5. The molecule has 0 fully saturated rings. The van der Waals surface area contributed by atoms with E-state index in [1.165, 1.54) is 37.1 Å². The molecule has 83 heavy (non-hydrogen) atoms. The number of carbonyl (C=O) groups excluding carboxylic acids is 7. The number of carbonyl (C=O) groups is 9. The molecule has 0 radical (unpaired) electrons. The van der Waals surface area contributed by atoms with Gasteiger partial charge in [-0.05, 0) is 85.7 Å². The van der Waals surface area contributed by atoms with Crippen LogP contribution in [0, 0.1) is 10.9 Å². The monoisotopic (exact) mass is 1140 g/mol. The van der Waals surface area contributed by atoms with Crippen LogP contribution in [0.3, 0.4) is 0 Å². The van der Waals surface area contributed by atoms with Crippen molar-refractivity contribution in [2.75, 3.05) is 42.7 Å². The fraction of sp³-hybridized carbons (Fsp3) is 0.383. The lowest BCUT2D eigenvalue weighted by molar-refractivity contribution is -0.139. The second-order valence-corrected chi connectivity index (χ2v) is 21.7. The molecule has 23 nitrogen and oxygen atoms in total. The minimum absolute atomic E-state index is 0.00591. The number of nitrogens with zero attached hydrogens (tertiary/aromatic N) is 3. The molecule has 7 amide bonds. The maximum atomic E-state index is 14.0. The van der Waals surface area contributed by atoms with Gasteiger partial charge in [-0.1, -0.05) is 107 Å². The molecule has 3 atom stereocenters. The molecule has 4 aromatic rings. The van der Waals surface area contributed by atoms with Gasteiger partial charge in [0, 0.05) is 66.3 Å². The molecular weight excluding hydrogens is 1070 g/mol. The lowest BCUT2D eigenvalue weighted by Crippen LogP contribution is -2.60. The number of hydrogen-bond acceptors (Lipinski definition) is 14. The van der Waals surface area contributed by atoms with Crippen LogP contribution in [-0.4, -0.2) is 114 Å². The van der Waals surface area contributed by atoms with Gasteiger partial charge in [0.15, 0.2) is 0 Å². The molecule has 5 rings (SSSR count). The molecule has 11 N–H and O–H groups in total. The maximum absolute atomic E-state index is 14.0. The zero-order valence-corrected chi connectivity index (χ0v) is 48.0. The number of rotatable bonds is 26. The largest absolute Gasteiger partial charge is 0.481 e. The molecule has 23 heteroatoms. The van der Waals surface area contributed by atoms with E-state index in [4.69, 9.17) is 16.0 Å². The van der Waals surface area contributed by atoms with Gasteiger partial charge < -0.3 is 57.1 Å². The number of nitrogens with one attached hydrogen (secondary N) is 7. The Morgan fingerprint density at radius 2 is 1.45 bits per heavy atom. The van der Waals surface area contributed by atoms with Crippen molar-refractivity contribution >= 4 is 81.9 Å². The summed E-state index contributed by atoms with van der Waals surface area (Å²) in [4.78, 5) is 119. The Balaban J connectivity index is 1.09. The number of unbranched alkanes of at least 4 members (excludes halogenated alkanes) is 1. The topological polar surface area (TPSA) is 344 Å². The van der Waals surface area contributed by atoms with Crippen molar-refractivity contribution in [2.24, 2.45) is 16.3 Å². The summed E-state index contributed by atoms with van der Waals surface area (Å²) in [6, 6.07) is 24.4. The Bertz CT molecular complexity index is 3130. The first-order valence-electron chi connectivity index (χ1n) is 27.0. The summed E-state index contributed by atoms with van der Waals surface area (Å²) in [5.74, 6) is -5.29. The number of amides is 7. The third-order valence-electron chi connectivity index (χ3n) is 14.0. The number of ether oxygens (including phenoxy) is 1. The molecule has 1 aliphatic heterocycles. The average molecular weight is 1140 g/mol. The zero-order valence-electron chi connectivity index (χ0n) is 48.0. The lowest BCUT2D eigenvalue weighted by Gasteiger charge is -2.38. The van der Waals surface area contributed by atoms with Crippen LogP contribution in [0.25, 0.3) is 11.4 Å². The van der Waals surface area contributed by atoms with E-state index in [1.54, 1.807) is 72.6 Å². The molecule has 0 aromatic heterocycles. The molecule has 0 aliphatic carbocycles. The highest BCUT2D eigenvalue weighted by Crippen LogP contribution is 2.37. The number of para-hydroxylation sites is 1. The fourth-order valence-corrected chi connectivity index (χ4v) is 9.19. The summed E-state index contributed by atoms with van der Waals surface area (Å²) < 4.78 is 5.47. The summed E-state index contributed by atoms with van der Waals surface area (Å²) in [6.07, 6.45) is 0.680. The third kappa shape index (κ3) is 18.1. The highest BCUT2D eigenvalue weighted by Gasteiger charge is 2.41. The summed E-state index contributed by atoms with van der Waals surface area (Å²) in [5, 5.41) is 38.7. The Labute approximate surface area is 482 Å². The molecule has 1 aliphatic rings. The number of fused-ring (bicyclic) bond motifs is 2. The van der Waals surface area contributed by atoms with Crippen LogP contribution in [0.5, 0.6) is 0 Å². The van der Waals surface area contributed by atoms with E-state index in [1.807, 2.05) is 58.9 Å². The fourth-order valence-electron chi connectivity index (χ4n) is 9.19. The summed E-state index contributed by atoms with van der Waals surface area (Å²) in [5.41, 5.74) is 17.8. The Hall–Kier alpha value is -9.25. The Morgan fingerprint density at radius 3 is 2.10 bits per heavy atom. The summed E-state index contributed by atoms with van der Waals surface area (Å²) >= 11 is 0. The molecular formula is C60H75N11O12. The van der Waals surface area contributed by atoms with Gasteiger partial charge in [-0.25, -0.2) is 15.1 Å². The normalized spacial score (nSPS) is 14.4. The highest BCUT2D eigenvalue weighted by molar-refractivity contribution is 6.02. The SMILES string of the molecule is CN[C@H](C(=O)NC(C(=O)N(C)C/C=C(\C)C(=O)O)C(C)(C)C)C(C)(C)c1cccc(NC(=O)OCc2ccc(NC(=O)[C@H](CCC(=O)O)NC(=O)CNC(=O)CCCCC(=O)N3Cc4ccccc4/C(N)=C(/N=N)c4ccccc43)cc2)c1. The van der Waals surface area contributed by atoms with Crippen molar-refractivity contribution in [1.29, 1.82) is 5.53 Å². The Morgan fingerprint density at radius 1 is 0.783 bits per heavy atom. The van der Waals surface area contributed by atoms with Gasteiger partial charge in [0.2, 0.25) is 35.4 Å². The number of anilines is 3. The first-order valence-corrected chi connectivity index (χ1v) is 27.0. The quantitative estimate of drug-likeness (QED) is 0.0179.